The van der Waals surface area contributed by atoms with Gasteiger partial charge in [0.05, 0.1) is 11.5 Å². The average molecular weight is 366 g/mol. The molecule has 0 aliphatic heterocycles. The van der Waals surface area contributed by atoms with E-state index in [-0.39, 0.29) is 28.4 Å². The predicted octanol–water partition coefficient (Wildman–Crippen LogP) is 2.77. The highest BCUT2D eigenvalue weighted by Gasteiger charge is 2.14. The Bertz CT molecular complexity index is 851. The van der Waals surface area contributed by atoms with Gasteiger partial charge in [0.1, 0.15) is 0 Å². The van der Waals surface area contributed by atoms with E-state index in [2.05, 4.69) is 10.0 Å². The molecule has 0 aliphatic rings. The Kier molecular flexibility index (Phi) is 6.11. The van der Waals surface area contributed by atoms with Gasteiger partial charge in [-0.3, -0.25) is 4.79 Å². The summed E-state index contributed by atoms with van der Waals surface area (Å²) >= 11 is 0. The quantitative estimate of drug-likeness (QED) is 0.789. The van der Waals surface area contributed by atoms with Gasteiger partial charge in [-0.05, 0) is 43.3 Å². The SMILES string of the molecule is CCNS(=O)(=O)c1ccc(C(=O)Nc2ccc(OCC)c(F)c2)cc1. The molecule has 0 unspecified atom stereocenters. The zero-order valence-electron chi connectivity index (χ0n) is 13.9. The maximum atomic E-state index is 13.8. The summed E-state index contributed by atoms with van der Waals surface area (Å²) in [5, 5.41) is 2.55. The number of nitrogens with one attached hydrogen (secondary N) is 2. The van der Waals surface area contributed by atoms with Gasteiger partial charge < -0.3 is 10.1 Å². The van der Waals surface area contributed by atoms with Gasteiger partial charge >= 0.3 is 0 Å². The van der Waals surface area contributed by atoms with Crippen molar-refractivity contribution in [1.82, 2.24) is 4.72 Å². The average Bonchev–Trinajstić information content (AvgIpc) is 2.57. The summed E-state index contributed by atoms with van der Waals surface area (Å²) in [6, 6.07) is 9.58. The molecule has 0 atom stereocenters. The largest absolute Gasteiger partial charge is 0.491 e. The van der Waals surface area contributed by atoms with E-state index in [4.69, 9.17) is 4.74 Å². The van der Waals surface area contributed by atoms with Crippen LogP contribution in [0.3, 0.4) is 0 Å². The van der Waals surface area contributed by atoms with Gasteiger partial charge in [-0.15, -0.1) is 0 Å². The minimum absolute atomic E-state index is 0.0676. The van der Waals surface area contributed by atoms with Gasteiger partial charge in [0.2, 0.25) is 10.0 Å². The van der Waals surface area contributed by atoms with Gasteiger partial charge in [0.25, 0.3) is 5.91 Å². The van der Waals surface area contributed by atoms with Crippen LogP contribution in [0.1, 0.15) is 24.2 Å². The maximum absolute atomic E-state index is 13.8. The number of carbonyl (C=O) groups is 1. The second-order valence-electron chi connectivity index (χ2n) is 5.06. The molecule has 0 heterocycles. The number of benzene rings is 2. The standard InChI is InChI=1S/C17H19FN2O4S/c1-3-19-25(22,23)14-8-5-12(6-9-14)17(21)20-13-7-10-16(24-4-2)15(18)11-13/h5-11,19H,3-4H2,1-2H3,(H,20,21). The van der Waals surface area contributed by atoms with Gasteiger partial charge in [-0.1, -0.05) is 6.92 Å². The monoisotopic (exact) mass is 366 g/mol. The molecule has 0 saturated carbocycles. The Hall–Kier alpha value is -2.45. The van der Waals surface area contributed by atoms with Crippen LogP contribution in [-0.2, 0) is 10.0 Å². The molecular formula is C17H19FN2O4S. The van der Waals surface area contributed by atoms with Crippen LogP contribution in [0.25, 0.3) is 0 Å². The van der Waals surface area contributed by atoms with Crippen molar-refractivity contribution in [3.63, 3.8) is 0 Å². The van der Waals surface area contributed by atoms with Gasteiger partial charge in [-0.2, -0.15) is 0 Å². The smallest absolute Gasteiger partial charge is 0.255 e. The van der Waals surface area contributed by atoms with Crippen molar-refractivity contribution in [3.05, 3.63) is 53.8 Å². The predicted molar refractivity (Wildman–Crippen MR) is 92.8 cm³/mol. The van der Waals surface area contributed by atoms with E-state index in [0.29, 0.717) is 6.61 Å². The van der Waals surface area contributed by atoms with Crippen molar-refractivity contribution < 1.29 is 22.3 Å². The van der Waals surface area contributed by atoms with Gasteiger partial charge in [0, 0.05) is 23.9 Å². The normalized spacial score (nSPS) is 11.2. The number of amides is 1. The highest BCUT2D eigenvalue weighted by molar-refractivity contribution is 7.89. The number of carbonyl (C=O) groups excluding carboxylic acids is 1. The summed E-state index contributed by atoms with van der Waals surface area (Å²) in [7, 11) is -3.57. The Morgan fingerprint density at radius 2 is 1.80 bits per heavy atom. The summed E-state index contributed by atoms with van der Waals surface area (Å²) in [5.41, 5.74) is 0.528. The third-order valence-electron chi connectivity index (χ3n) is 3.25. The van der Waals surface area contributed by atoms with Crippen LogP contribution in [0.5, 0.6) is 5.75 Å². The number of hydrogen-bond acceptors (Lipinski definition) is 4. The molecule has 2 rings (SSSR count). The lowest BCUT2D eigenvalue weighted by molar-refractivity contribution is 0.102. The molecule has 0 saturated heterocycles. The lowest BCUT2D eigenvalue weighted by Gasteiger charge is -2.09. The van der Waals surface area contributed by atoms with Crippen LogP contribution in [-0.4, -0.2) is 27.5 Å². The van der Waals surface area contributed by atoms with Crippen LogP contribution in [0.2, 0.25) is 0 Å². The van der Waals surface area contributed by atoms with Crippen molar-refractivity contribution in [1.29, 1.82) is 0 Å². The van der Waals surface area contributed by atoms with Crippen LogP contribution in [0, 0.1) is 5.82 Å². The second kappa shape index (κ2) is 8.09. The number of anilines is 1. The maximum Gasteiger partial charge on any atom is 0.255 e. The Balaban J connectivity index is 2.12. The van der Waals surface area contributed by atoms with E-state index in [1.165, 1.54) is 36.4 Å². The molecule has 8 heteroatoms. The number of rotatable bonds is 7. The molecule has 25 heavy (non-hydrogen) atoms. The molecule has 134 valence electrons. The molecule has 2 N–H and O–H groups in total. The number of hydrogen-bond donors (Lipinski definition) is 2. The molecule has 0 aliphatic carbocycles. The number of ether oxygens (including phenoxy) is 1. The molecule has 2 aromatic rings. The third-order valence-corrected chi connectivity index (χ3v) is 4.81. The van der Waals surface area contributed by atoms with E-state index in [1.807, 2.05) is 0 Å². The fraction of sp³-hybridized carbons (Fsp3) is 0.235. The molecule has 0 bridgehead atoms. The summed E-state index contributed by atoms with van der Waals surface area (Å²) in [6.45, 7) is 4.03. The summed E-state index contributed by atoms with van der Waals surface area (Å²) in [6.07, 6.45) is 0. The first kappa shape index (κ1) is 18.9. The van der Waals surface area contributed by atoms with E-state index in [0.717, 1.165) is 6.07 Å². The van der Waals surface area contributed by atoms with Crippen molar-refractivity contribution >= 4 is 21.6 Å². The molecule has 0 aromatic heterocycles. The molecular weight excluding hydrogens is 347 g/mol. The highest BCUT2D eigenvalue weighted by atomic mass is 32.2. The highest BCUT2D eigenvalue weighted by Crippen LogP contribution is 2.21. The van der Waals surface area contributed by atoms with Crippen LogP contribution in [0.4, 0.5) is 10.1 Å². The van der Waals surface area contributed by atoms with Gasteiger partial charge in [0.15, 0.2) is 11.6 Å². The summed E-state index contributed by atoms with van der Waals surface area (Å²) in [5.74, 6) is -0.943. The summed E-state index contributed by atoms with van der Waals surface area (Å²) < 4.78 is 45.0. The molecule has 2 aromatic carbocycles. The van der Waals surface area contributed by atoms with E-state index in [9.17, 15) is 17.6 Å². The Morgan fingerprint density at radius 1 is 1.12 bits per heavy atom. The van der Waals surface area contributed by atoms with Crippen molar-refractivity contribution in [2.45, 2.75) is 18.7 Å². The Morgan fingerprint density at radius 3 is 2.36 bits per heavy atom. The minimum atomic E-state index is -3.57. The fourth-order valence-corrected chi connectivity index (χ4v) is 3.15. The van der Waals surface area contributed by atoms with E-state index in [1.54, 1.807) is 13.8 Å². The van der Waals surface area contributed by atoms with E-state index < -0.39 is 21.7 Å². The first-order chi connectivity index (χ1) is 11.9. The Labute approximate surface area is 146 Å². The first-order valence-corrected chi connectivity index (χ1v) is 9.19. The summed E-state index contributed by atoms with van der Waals surface area (Å²) in [4.78, 5) is 12.3. The topological polar surface area (TPSA) is 84.5 Å². The first-order valence-electron chi connectivity index (χ1n) is 7.70. The van der Waals surface area contributed by atoms with E-state index >= 15 is 0 Å². The van der Waals surface area contributed by atoms with Gasteiger partial charge in [-0.25, -0.2) is 17.5 Å². The molecule has 0 spiro atoms. The zero-order valence-corrected chi connectivity index (χ0v) is 14.7. The van der Waals surface area contributed by atoms with Crippen LogP contribution in [0.15, 0.2) is 47.4 Å². The van der Waals surface area contributed by atoms with Crippen LogP contribution < -0.4 is 14.8 Å². The lowest BCUT2D eigenvalue weighted by Crippen LogP contribution is -2.23. The molecule has 1 amide bonds. The minimum Gasteiger partial charge on any atom is -0.491 e. The molecule has 0 fully saturated rings. The van der Waals surface area contributed by atoms with Crippen molar-refractivity contribution in [2.24, 2.45) is 0 Å². The van der Waals surface area contributed by atoms with Crippen molar-refractivity contribution in [2.75, 3.05) is 18.5 Å². The fourth-order valence-electron chi connectivity index (χ4n) is 2.11. The van der Waals surface area contributed by atoms with Crippen LogP contribution >= 0.6 is 0 Å². The number of halogens is 1. The lowest BCUT2D eigenvalue weighted by atomic mass is 10.2. The zero-order chi connectivity index (χ0) is 18.4. The second-order valence-corrected chi connectivity index (χ2v) is 6.82. The third kappa shape index (κ3) is 4.77. The number of sulfonamides is 1. The molecule has 6 nitrogen and oxygen atoms in total. The van der Waals surface area contributed by atoms with Crippen molar-refractivity contribution in [3.8, 4) is 5.75 Å². The molecule has 0 radical (unpaired) electrons.